The van der Waals surface area contributed by atoms with E-state index in [4.69, 9.17) is 0 Å². The summed E-state index contributed by atoms with van der Waals surface area (Å²) in [6.07, 6.45) is 21.4. The Hall–Kier alpha value is -3.52. The smallest absolute Gasteiger partial charge is 0.119 e. The average Bonchev–Trinajstić information content (AvgIpc) is 3.11. The van der Waals surface area contributed by atoms with Crippen LogP contribution in [0.1, 0.15) is 37.2 Å². The minimum absolute atomic E-state index is 0.289. The third-order valence-corrected chi connectivity index (χ3v) is 9.86. The van der Waals surface area contributed by atoms with E-state index in [-0.39, 0.29) is 11.8 Å². The number of aliphatic hydroxyl groups excluding tert-OH is 2. The second-order valence-corrected chi connectivity index (χ2v) is 11.5. The third-order valence-electron chi connectivity index (χ3n) is 9.86. The Kier molecular flexibility index (Phi) is 5.57. The Labute approximate surface area is 219 Å². The molecule has 0 amide bonds. The van der Waals surface area contributed by atoms with Crippen LogP contribution in [0.5, 0.6) is 0 Å². The predicted molar refractivity (Wildman–Crippen MR) is 150 cm³/mol. The fraction of sp³-hybridized carbons (Fsp3) is 0.314. The first-order chi connectivity index (χ1) is 18.2. The van der Waals surface area contributed by atoms with E-state index in [9.17, 15) is 10.2 Å². The van der Waals surface area contributed by atoms with Crippen molar-refractivity contribution < 1.29 is 10.2 Å². The van der Waals surface area contributed by atoms with E-state index in [1.165, 1.54) is 16.7 Å². The van der Waals surface area contributed by atoms with Crippen molar-refractivity contribution in [3.63, 3.8) is 0 Å². The summed E-state index contributed by atoms with van der Waals surface area (Å²) in [5.74, 6) is 4.02. The fourth-order valence-electron chi connectivity index (χ4n) is 8.25. The van der Waals surface area contributed by atoms with Gasteiger partial charge < -0.3 is 10.2 Å². The number of hydrogen-bond donors (Lipinski definition) is 2. The Morgan fingerprint density at radius 1 is 0.568 bits per heavy atom. The van der Waals surface area contributed by atoms with Crippen LogP contribution in [0, 0.1) is 35.5 Å². The maximum atomic E-state index is 10.7. The van der Waals surface area contributed by atoms with Crippen molar-refractivity contribution in [1.29, 1.82) is 0 Å². The summed E-state index contributed by atoms with van der Waals surface area (Å²) in [5.41, 5.74) is 6.22. The summed E-state index contributed by atoms with van der Waals surface area (Å²) >= 11 is 0. The zero-order chi connectivity index (χ0) is 24.9. The van der Waals surface area contributed by atoms with Crippen LogP contribution < -0.4 is 0 Å². The molecule has 186 valence electrons. The summed E-state index contributed by atoms with van der Waals surface area (Å²) in [6, 6.07) is 20.0. The number of aliphatic hydroxyl groups is 2. The van der Waals surface area contributed by atoms with Gasteiger partial charge in [0.15, 0.2) is 0 Å². The lowest BCUT2D eigenvalue weighted by molar-refractivity contribution is 0.171. The van der Waals surface area contributed by atoms with Crippen LogP contribution in [-0.4, -0.2) is 10.2 Å². The topological polar surface area (TPSA) is 40.5 Å². The van der Waals surface area contributed by atoms with E-state index in [0.29, 0.717) is 41.1 Å². The first-order valence-corrected chi connectivity index (χ1v) is 13.9. The van der Waals surface area contributed by atoms with Gasteiger partial charge in [0.25, 0.3) is 0 Å². The maximum Gasteiger partial charge on any atom is 0.119 e. The van der Waals surface area contributed by atoms with Crippen LogP contribution in [0.4, 0.5) is 0 Å². The van der Waals surface area contributed by atoms with Gasteiger partial charge in [0, 0.05) is 11.8 Å². The minimum Gasteiger partial charge on any atom is -0.508 e. The summed E-state index contributed by atoms with van der Waals surface area (Å²) < 4.78 is 0. The van der Waals surface area contributed by atoms with Crippen LogP contribution in [0.15, 0.2) is 126 Å². The van der Waals surface area contributed by atoms with Crippen LogP contribution >= 0.6 is 0 Å². The lowest BCUT2D eigenvalue weighted by Crippen LogP contribution is -2.36. The normalized spacial score (nSPS) is 33.9. The van der Waals surface area contributed by atoms with E-state index >= 15 is 0 Å². The van der Waals surface area contributed by atoms with Crippen molar-refractivity contribution in [3.8, 4) is 11.1 Å². The molecule has 0 bridgehead atoms. The second-order valence-electron chi connectivity index (χ2n) is 11.5. The summed E-state index contributed by atoms with van der Waals surface area (Å²) in [4.78, 5) is 0. The predicted octanol–water partition coefficient (Wildman–Crippen LogP) is 8.61. The van der Waals surface area contributed by atoms with E-state index < -0.39 is 0 Å². The van der Waals surface area contributed by atoms with E-state index in [1.54, 1.807) is 0 Å². The van der Waals surface area contributed by atoms with Gasteiger partial charge >= 0.3 is 0 Å². The molecule has 37 heavy (non-hydrogen) atoms. The molecule has 0 aliphatic heterocycles. The van der Waals surface area contributed by atoms with Crippen LogP contribution in [0.3, 0.4) is 0 Å². The molecule has 7 rings (SSSR count). The SMILES string of the molecule is OC1=CC=C[C@@H]2C1=CC[C@@H]1C(c3ccc(-c4ccccc4)cc3)[C@@H]3CC=C4C(O)=CC=C[C@@H]4C3CCC12. The molecule has 0 heterocycles. The first kappa shape index (κ1) is 22.7. The van der Waals surface area contributed by atoms with Gasteiger partial charge in [-0.1, -0.05) is 91.1 Å². The zero-order valence-electron chi connectivity index (χ0n) is 21.1. The van der Waals surface area contributed by atoms with Crippen LogP contribution in [-0.2, 0) is 0 Å². The van der Waals surface area contributed by atoms with Gasteiger partial charge in [-0.2, -0.15) is 0 Å². The lowest BCUT2D eigenvalue weighted by atomic mass is 9.59. The molecule has 5 aliphatic rings. The molecule has 2 aromatic carbocycles. The molecule has 1 fully saturated rings. The molecule has 2 N–H and O–H groups in total. The molecule has 3 unspecified atom stereocenters. The van der Waals surface area contributed by atoms with Crippen LogP contribution in [0.25, 0.3) is 11.1 Å². The molecule has 0 saturated heterocycles. The standard InChI is InChI=1S/C35H34O2/c36-33-10-4-8-25-27-16-17-28-26-9-5-11-34(37)30(26)19-21-32(28)35(31(27)20-18-29(25)33)24-14-12-23(13-15-24)22-6-2-1-3-7-22/h1-15,18-19,25-28,31-32,35-37H,16-17,20-21H2/t25-,26+,27?,28?,31-,32+,35?. The van der Waals surface area contributed by atoms with E-state index in [0.717, 1.165) is 36.8 Å². The van der Waals surface area contributed by atoms with E-state index in [2.05, 4.69) is 78.9 Å². The highest BCUT2D eigenvalue weighted by Crippen LogP contribution is 2.58. The fourth-order valence-corrected chi connectivity index (χ4v) is 8.25. The molecule has 7 atom stereocenters. The first-order valence-electron chi connectivity index (χ1n) is 13.9. The number of rotatable bonds is 2. The molecular formula is C35H34O2. The van der Waals surface area contributed by atoms with Crippen molar-refractivity contribution in [1.82, 2.24) is 0 Å². The van der Waals surface area contributed by atoms with Gasteiger partial charge in [0.05, 0.1) is 0 Å². The maximum absolute atomic E-state index is 10.7. The Balaban J connectivity index is 1.31. The van der Waals surface area contributed by atoms with Gasteiger partial charge in [0.1, 0.15) is 11.5 Å². The molecular weight excluding hydrogens is 452 g/mol. The van der Waals surface area contributed by atoms with Crippen LogP contribution in [0.2, 0.25) is 0 Å². The van der Waals surface area contributed by atoms with Crippen molar-refractivity contribution in [2.75, 3.05) is 0 Å². The number of allylic oxidation sites excluding steroid dienone is 10. The third kappa shape index (κ3) is 3.77. The molecule has 2 aromatic rings. The van der Waals surface area contributed by atoms with Crippen molar-refractivity contribution in [3.05, 3.63) is 131 Å². The Morgan fingerprint density at radius 3 is 1.62 bits per heavy atom. The highest BCUT2D eigenvalue weighted by molar-refractivity contribution is 5.63. The molecule has 0 aromatic heterocycles. The molecule has 2 nitrogen and oxygen atoms in total. The monoisotopic (exact) mass is 486 g/mol. The minimum atomic E-state index is 0.289. The highest BCUT2D eigenvalue weighted by Gasteiger charge is 2.49. The quantitative estimate of drug-likeness (QED) is 0.446. The van der Waals surface area contributed by atoms with Gasteiger partial charge in [-0.15, -0.1) is 0 Å². The largest absolute Gasteiger partial charge is 0.508 e. The van der Waals surface area contributed by atoms with Crippen molar-refractivity contribution >= 4 is 0 Å². The van der Waals surface area contributed by atoms with Crippen molar-refractivity contribution in [2.24, 2.45) is 35.5 Å². The van der Waals surface area contributed by atoms with Gasteiger partial charge in [-0.25, -0.2) is 0 Å². The zero-order valence-corrected chi connectivity index (χ0v) is 21.1. The molecule has 2 heteroatoms. The summed E-state index contributed by atoms with van der Waals surface area (Å²) in [7, 11) is 0. The van der Waals surface area contributed by atoms with Crippen molar-refractivity contribution in [2.45, 2.75) is 31.6 Å². The molecule has 5 aliphatic carbocycles. The number of fused-ring (bicyclic) bond motifs is 6. The summed E-state index contributed by atoms with van der Waals surface area (Å²) in [6.45, 7) is 0. The molecule has 0 radical (unpaired) electrons. The average molecular weight is 487 g/mol. The number of benzene rings is 2. The lowest BCUT2D eigenvalue weighted by Gasteiger charge is -2.45. The number of hydrogen-bond acceptors (Lipinski definition) is 2. The Bertz CT molecular complexity index is 1300. The van der Waals surface area contributed by atoms with Gasteiger partial charge in [-0.05, 0) is 95.3 Å². The Morgan fingerprint density at radius 2 is 1.08 bits per heavy atom. The molecule has 0 spiro atoms. The highest BCUT2D eigenvalue weighted by atomic mass is 16.3. The summed E-state index contributed by atoms with van der Waals surface area (Å²) in [5, 5.41) is 21.3. The molecule has 1 saturated carbocycles. The second kappa shape index (κ2) is 9.10. The van der Waals surface area contributed by atoms with Gasteiger partial charge in [-0.3, -0.25) is 0 Å². The van der Waals surface area contributed by atoms with Gasteiger partial charge in [0.2, 0.25) is 0 Å². The van der Waals surface area contributed by atoms with E-state index in [1.807, 2.05) is 24.3 Å².